The number of Topliss-reactive ketones (excluding diaryl/α,β-unsaturated/α-hetero) is 1. The highest BCUT2D eigenvalue weighted by atomic mass is 79.9. The highest BCUT2D eigenvalue weighted by Crippen LogP contribution is 2.22. The molecule has 0 radical (unpaired) electrons. The Morgan fingerprint density at radius 1 is 1.41 bits per heavy atom. The second-order valence-corrected chi connectivity index (χ2v) is 5.62. The lowest BCUT2D eigenvalue weighted by Gasteiger charge is -2.07. The third-order valence-corrected chi connectivity index (χ3v) is 3.18. The highest BCUT2D eigenvalue weighted by molar-refractivity contribution is 9.10. The average Bonchev–Trinajstić information content (AvgIpc) is 2.28. The molecule has 0 amide bonds. The number of ketones is 1. The summed E-state index contributed by atoms with van der Waals surface area (Å²) in [5, 5.41) is 0. The first-order valence-corrected chi connectivity index (χ1v) is 6.83. The van der Waals surface area contributed by atoms with Crippen molar-refractivity contribution in [3.63, 3.8) is 0 Å². The quantitative estimate of drug-likeness (QED) is 0.466. The van der Waals surface area contributed by atoms with Crippen LogP contribution < -0.4 is 0 Å². The molecule has 0 aliphatic heterocycles. The molecular weight excluding hydrogens is 352 g/mol. The fourth-order valence-corrected chi connectivity index (χ4v) is 2.09. The number of hydrogen-bond donors (Lipinski definition) is 0. The molecule has 3 nitrogen and oxygen atoms in total. The van der Waals surface area contributed by atoms with Crippen molar-refractivity contribution in [1.29, 1.82) is 0 Å². The zero-order valence-corrected chi connectivity index (χ0v) is 12.7. The van der Waals surface area contributed by atoms with Crippen LogP contribution in [0.5, 0.6) is 0 Å². The first kappa shape index (κ1) is 14.4. The molecule has 0 spiro atoms. The summed E-state index contributed by atoms with van der Waals surface area (Å²) in [5.74, 6) is -0.425. The van der Waals surface area contributed by atoms with E-state index in [9.17, 15) is 9.59 Å². The Kier molecular flexibility index (Phi) is 5.33. The number of hydrogen-bond acceptors (Lipinski definition) is 3. The summed E-state index contributed by atoms with van der Waals surface area (Å²) >= 11 is 6.51. The minimum atomic E-state index is -0.390. The van der Waals surface area contributed by atoms with Gasteiger partial charge in [0.1, 0.15) is 0 Å². The molecule has 0 fully saturated rings. The van der Waals surface area contributed by atoms with Crippen LogP contribution in [0.2, 0.25) is 0 Å². The summed E-state index contributed by atoms with van der Waals surface area (Å²) in [5.41, 5.74) is 0.972. The molecule has 0 N–H and O–H groups in total. The van der Waals surface area contributed by atoms with Gasteiger partial charge in [-0.25, -0.2) is 4.79 Å². The molecule has 0 aromatic heterocycles. The van der Waals surface area contributed by atoms with E-state index in [1.807, 2.05) is 0 Å². The molecule has 17 heavy (non-hydrogen) atoms. The normalized spacial score (nSPS) is 12.0. The number of rotatable bonds is 4. The lowest BCUT2D eigenvalue weighted by Crippen LogP contribution is -2.12. The molecule has 1 aromatic carbocycles. The smallest absolute Gasteiger partial charge is 0.338 e. The van der Waals surface area contributed by atoms with E-state index in [-0.39, 0.29) is 16.6 Å². The van der Waals surface area contributed by atoms with Gasteiger partial charge in [0.05, 0.1) is 17.0 Å². The number of esters is 1. The number of carbonyl (C=O) groups excluding carboxylic acids is 2. The summed E-state index contributed by atoms with van der Waals surface area (Å²) in [4.78, 5) is 23.0. The van der Waals surface area contributed by atoms with E-state index in [0.29, 0.717) is 22.2 Å². The van der Waals surface area contributed by atoms with Gasteiger partial charge in [0.25, 0.3) is 0 Å². The van der Waals surface area contributed by atoms with Gasteiger partial charge in [-0.05, 0) is 32.0 Å². The Hall–Kier alpha value is -0.680. The van der Waals surface area contributed by atoms with Crippen LogP contribution in [0.25, 0.3) is 0 Å². The molecule has 1 unspecified atom stereocenters. The molecule has 92 valence electrons. The van der Waals surface area contributed by atoms with E-state index >= 15 is 0 Å². The minimum absolute atomic E-state index is 0.0349. The van der Waals surface area contributed by atoms with Gasteiger partial charge in [0.2, 0.25) is 0 Å². The Morgan fingerprint density at radius 3 is 2.53 bits per heavy atom. The SMILES string of the molecule is CCOC(=O)c1ccc(C(=O)C(C)Br)c(Br)c1. The Bertz CT molecular complexity index is 441. The van der Waals surface area contributed by atoms with Crippen molar-refractivity contribution in [2.45, 2.75) is 18.7 Å². The molecule has 0 aliphatic rings. The van der Waals surface area contributed by atoms with Crippen LogP contribution in [0.1, 0.15) is 34.6 Å². The van der Waals surface area contributed by atoms with Crippen molar-refractivity contribution in [2.24, 2.45) is 0 Å². The topological polar surface area (TPSA) is 43.4 Å². The van der Waals surface area contributed by atoms with Crippen LogP contribution in [0, 0.1) is 0 Å². The number of ether oxygens (including phenoxy) is 1. The standard InChI is InChI=1S/C12H12Br2O3/c1-3-17-12(16)8-4-5-9(10(14)6-8)11(15)7(2)13/h4-7H,3H2,1-2H3. The first-order chi connectivity index (χ1) is 7.97. The summed E-state index contributed by atoms with van der Waals surface area (Å²) in [6.07, 6.45) is 0. The lowest BCUT2D eigenvalue weighted by molar-refractivity contribution is 0.0526. The molecule has 0 heterocycles. The van der Waals surface area contributed by atoms with Gasteiger partial charge in [-0.2, -0.15) is 0 Å². The van der Waals surface area contributed by atoms with E-state index in [1.54, 1.807) is 32.0 Å². The van der Waals surface area contributed by atoms with Crippen LogP contribution in [0.4, 0.5) is 0 Å². The Balaban J connectivity index is 3.02. The van der Waals surface area contributed by atoms with E-state index in [1.165, 1.54) is 0 Å². The predicted octanol–water partition coefficient (Wildman–Crippen LogP) is 3.59. The van der Waals surface area contributed by atoms with Gasteiger partial charge in [0, 0.05) is 10.0 Å². The van der Waals surface area contributed by atoms with Crippen molar-refractivity contribution in [1.82, 2.24) is 0 Å². The second-order valence-electron chi connectivity index (χ2n) is 3.40. The Labute approximate surface area is 117 Å². The summed E-state index contributed by atoms with van der Waals surface area (Å²) in [7, 11) is 0. The molecule has 0 saturated heterocycles. The monoisotopic (exact) mass is 362 g/mol. The lowest BCUT2D eigenvalue weighted by atomic mass is 10.1. The third kappa shape index (κ3) is 3.64. The van der Waals surface area contributed by atoms with Gasteiger partial charge in [-0.15, -0.1) is 0 Å². The molecular formula is C12H12Br2O3. The van der Waals surface area contributed by atoms with Crippen molar-refractivity contribution >= 4 is 43.6 Å². The minimum Gasteiger partial charge on any atom is -0.462 e. The van der Waals surface area contributed by atoms with E-state index in [4.69, 9.17) is 4.74 Å². The molecule has 5 heteroatoms. The molecule has 1 atom stereocenters. The number of carbonyl (C=O) groups is 2. The van der Waals surface area contributed by atoms with E-state index < -0.39 is 0 Å². The zero-order valence-electron chi connectivity index (χ0n) is 9.50. The maximum atomic E-state index is 11.8. The van der Waals surface area contributed by atoms with Crippen LogP contribution >= 0.6 is 31.9 Å². The molecule has 1 rings (SSSR count). The van der Waals surface area contributed by atoms with Crippen molar-refractivity contribution in [3.8, 4) is 0 Å². The van der Waals surface area contributed by atoms with Gasteiger partial charge in [-0.1, -0.05) is 31.9 Å². The fraction of sp³-hybridized carbons (Fsp3) is 0.333. The Morgan fingerprint density at radius 2 is 2.06 bits per heavy atom. The van der Waals surface area contributed by atoms with Crippen LogP contribution in [-0.2, 0) is 4.74 Å². The average molecular weight is 364 g/mol. The maximum Gasteiger partial charge on any atom is 0.338 e. The fourth-order valence-electron chi connectivity index (χ4n) is 1.27. The highest BCUT2D eigenvalue weighted by Gasteiger charge is 2.17. The maximum absolute atomic E-state index is 11.8. The zero-order chi connectivity index (χ0) is 13.0. The summed E-state index contributed by atoms with van der Waals surface area (Å²) in [6.45, 7) is 3.83. The largest absolute Gasteiger partial charge is 0.462 e. The summed E-state index contributed by atoms with van der Waals surface area (Å²) < 4.78 is 5.47. The van der Waals surface area contributed by atoms with Gasteiger partial charge < -0.3 is 4.74 Å². The molecule has 0 aliphatic carbocycles. The summed E-state index contributed by atoms with van der Waals surface area (Å²) in [6, 6.07) is 4.81. The van der Waals surface area contributed by atoms with Gasteiger partial charge in [-0.3, -0.25) is 4.79 Å². The molecule has 0 saturated carbocycles. The third-order valence-electron chi connectivity index (χ3n) is 2.11. The van der Waals surface area contributed by atoms with Crippen LogP contribution in [0.3, 0.4) is 0 Å². The number of halogens is 2. The number of benzene rings is 1. The van der Waals surface area contributed by atoms with Gasteiger partial charge in [0.15, 0.2) is 5.78 Å². The first-order valence-electron chi connectivity index (χ1n) is 5.12. The predicted molar refractivity (Wildman–Crippen MR) is 72.8 cm³/mol. The van der Waals surface area contributed by atoms with Crippen molar-refractivity contribution in [2.75, 3.05) is 6.61 Å². The van der Waals surface area contributed by atoms with Gasteiger partial charge >= 0.3 is 5.97 Å². The van der Waals surface area contributed by atoms with Crippen LogP contribution in [-0.4, -0.2) is 23.2 Å². The van der Waals surface area contributed by atoms with Crippen LogP contribution in [0.15, 0.2) is 22.7 Å². The molecule has 1 aromatic rings. The van der Waals surface area contributed by atoms with E-state index in [2.05, 4.69) is 31.9 Å². The van der Waals surface area contributed by atoms with E-state index in [0.717, 1.165) is 0 Å². The molecule has 0 bridgehead atoms. The van der Waals surface area contributed by atoms with Crippen molar-refractivity contribution < 1.29 is 14.3 Å². The van der Waals surface area contributed by atoms with Crippen molar-refractivity contribution in [3.05, 3.63) is 33.8 Å². The number of alkyl halides is 1. The second kappa shape index (κ2) is 6.31.